The summed E-state index contributed by atoms with van der Waals surface area (Å²) in [7, 11) is 0. The largest absolute Gasteiger partial charge is 0.366 e. The first kappa shape index (κ1) is 12.0. The van der Waals surface area contributed by atoms with Crippen LogP contribution in [0.1, 0.15) is 39.2 Å². The van der Waals surface area contributed by atoms with Crippen LogP contribution in [0.15, 0.2) is 36.4 Å². The number of hydrogen-bond donors (Lipinski definition) is 0. The minimum Gasteiger partial charge on any atom is -0.366 e. The van der Waals surface area contributed by atoms with Crippen LogP contribution in [0.4, 0.5) is 0 Å². The number of fused-ring (bicyclic) bond motifs is 1. The number of benzene rings is 1. The van der Waals surface area contributed by atoms with Gasteiger partial charge in [0.1, 0.15) is 0 Å². The molecule has 0 spiro atoms. The first-order valence-electron chi connectivity index (χ1n) is 6.93. The highest BCUT2D eigenvalue weighted by atomic mass is 16.6. The van der Waals surface area contributed by atoms with Crippen molar-refractivity contribution in [2.75, 3.05) is 0 Å². The summed E-state index contributed by atoms with van der Waals surface area (Å²) in [5.74, 6) is 0.518. The number of ether oxygens (including phenoxy) is 1. The van der Waals surface area contributed by atoms with Gasteiger partial charge in [0.05, 0.1) is 11.7 Å². The molecule has 2 fully saturated rings. The predicted molar refractivity (Wildman–Crippen MR) is 75.3 cm³/mol. The van der Waals surface area contributed by atoms with Gasteiger partial charge in [-0.15, -0.1) is 0 Å². The van der Waals surface area contributed by atoms with Crippen LogP contribution in [0.3, 0.4) is 0 Å². The lowest BCUT2D eigenvalue weighted by Gasteiger charge is -2.38. The molecule has 96 valence electrons. The second-order valence-corrected chi connectivity index (χ2v) is 6.57. The number of rotatable bonds is 2. The minimum absolute atomic E-state index is 0.0903. The summed E-state index contributed by atoms with van der Waals surface area (Å²) in [4.78, 5) is 0. The Bertz CT molecular complexity index is 455. The van der Waals surface area contributed by atoms with E-state index in [9.17, 15) is 0 Å². The first-order valence-corrected chi connectivity index (χ1v) is 6.93. The van der Waals surface area contributed by atoms with Gasteiger partial charge in [-0.3, -0.25) is 0 Å². The molecule has 0 N–H and O–H groups in total. The Kier molecular flexibility index (Phi) is 2.63. The van der Waals surface area contributed by atoms with E-state index in [1.165, 1.54) is 18.4 Å². The Hall–Kier alpha value is -1.08. The Labute approximate surface area is 110 Å². The van der Waals surface area contributed by atoms with E-state index in [0.717, 1.165) is 0 Å². The summed E-state index contributed by atoms with van der Waals surface area (Å²) in [5.41, 5.74) is 1.71. The van der Waals surface area contributed by atoms with Crippen LogP contribution < -0.4 is 0 Å². The van der Waals surface area contributed by atoms with Gasteiger partial charge in [0.15, 0.2) is 0 Å². The molecule has 1 aliphatic carbocycles. The van der Waals surface area contributed by atoms with Crippen molar-refractivity contribution < 1.29 is 4.74 Å². The Morgan fingerprint density at radius 1 is 1.17 bits per heavy atom. The molecule has 18 heavy (non-hydrogen) atoms. The van der Waals surface area contributed by atoms with Gasteiger partial charge in [0, 0.05) is 5.92 Å². The van der Waals surface area contributed by atoms with Crippen molar-refractivity contribution in [3.05, 3.63) is 42.0 Å². The topological polar surface area (TPSA) is 12.5 Å². The fourth-order valence-electron chi connectivity index (χ4n) is 3.55. The molecule has 0 amide bonds. The van der Waals surface area contributed by atoms with Gasteiger partial charge in [0.25, 0.3) is 0 Å². The summed E-state index contributed by atoms with van der Waals surface area (Å²) in [6, 6.07) is 10.5. The van der Waals surface area contributed by atoms with Gasteiger partial charge in [-0.05, 0) is 30.7 Å². The molecule has 0 bridgehead atoms. The molecule has 1 nitrogen and oxygen atoms in total. The van der Waals surface area contributed by atoms with Crippen LogP contribution in [-0.2, 0) is 4.74 Å². The maximum atomic E-state index is 5.95. The molecule has 1 aromatic carbocycles. The van der Waals surface area contributed by atoms with Crippen molar-refractivity contribution in [3.8, 4) is 0 Å². The highest BCUT2D eigenvalue weighted by Crippen LogP contribution is 2.58. The quantitative estimate of drug-likeness (QED) is 0.705. The molecular formula is C17H22O. The average Bonchev–Trinajstić information content (AvgIpc) is 3.00. The van der Waals surface area contributed by atoms with E-state index < -0.39 is 0 Å². The Morgan fingerprint density at radius 3 is 2.61 bits per heavy atom. The lowest BCUT2D eigenvalue weighted by atomic mass is 9.64. The number of epoxide rings is 1. The monoisotopic (exact) mass is 242 g/mol. The highest BCUT2D eigenvalue weighted by Gasteiger charge is 2.63. The van der Waals surface area contributed by atoms with E-state index in [4.69, 9.17) is 4.74 Å². The lowest BCUT2D eigenvalue weighted by Crippen LogP contribution is -2.39. The zero-order valence-electron chi connectivity index (χ0n) is 11.5. The van der Waals surface area contributed by atoms with Crippen molar-refractivity contribution in [1.82, 2.24) is 0 Å². The molecule has 0 unspecified atom stereocenters. The molecule has 0 aromatic heterocycles. The van der Waals surface area contributed by atoms with E-state index in [1.54, 1.807) is 0 Å². The van der Waals surface area contributed by atoms with Crippen molar-refractivity contribution >= 4 is 6.08 Å². The van der Waals surface area contributed by atoms with E-state index in [2.05, 4.69) is 63.3 Å². The van der Waals surface area contributed by atoms with Gasteiger partial charge in [-0.1, -0.05) is 56.3 Å². The fourth-order valence-corrected chi connectivity index (χ4v) is 3.55. The third-order valence-electron chi connectivity index (χ3n) is 4.77. The second kappa shape index (κ2) is 3.96. The molecule has 1 saturated carbocycles. The van der Waals surface area contributed by atoms with E-state index >= 15 is 0 Å². The van der Waals surface area contributed by atoms with Crippen molar-refractivity contribution in [1.29, 1.82) is 0 Å². The van der Waals surface area contributed by atoms with E-state index in [0.29, 0.717) is 17.4 Å². The Morgan fingerprint density at radius 2 is 1.89 bits per heavy atom. The van der Waals surface area contributed by atoms with Gasteiger partial charge in [-0.25, -0.2) is 0 Å². The maximum Gasteiger partial charge on any atom is 0.0987 e. The third kappa shape index (κ3) is 1.91. The molecule has 1 heterocycles. The van der Waals surface area contributed by atoms with Gasteiger partial charge >= 0.3 is 0 Å². The first-order chi connectivity index (χ1) is 8.52. The van der Waals surface area contributed by atoms with Crippen LogP contribution in [0.25, 0.3) is 6.08 Å². The van der Waals surface area contributed by atoms with Crippen molar-refractivity contribution in [3.63, 3.8) is 0 Å². The van der Waals surface area contributed by atoms with Gasteiger partial charge < -0.3 is 4.74 Å². The molecule has 1 saturated heterocycles. The summed E-state index contributed by atoms with van der Waals surface area (Å²) < 4.78 is 5.95. The molecule has 1 heteroatoms. The molecule has 1 aliphatic heterocycles. The van der Waals surface area contributed by atoms with Crippen molar-refractivity contribution in [2.45, 2.75) is 45.3 Å². The SMILES string of the molecule is CC1(C)CC[C@H]2O[C@@]2(C)[C@@H]1/C=C/c1ccccc1. The van der Waals surface area contributed by atoms with Gasteiger partial charge in [-0.2, -0.15) is 0 Å². The molecular weight excluding hydrogens is 220 g/mol. The van der Waals surface area contributed by atoms with E-state index in [1.807, 2.05) is 0 Å². The zero-order chi connectivity index (χ0) is 12.8. The smallest absolute Gasteiger partial charge is 0.0987 e. The highest BCUT2D eigenvalue weighted by molar-refractivity contribution is 5.50. The molecule has 3 rings (SSSR count). The molecule has 3 atom stereocenters. The summed E-state index contributed by atoms with van der Waals surface area (Å²) in [5, 5.41) is 0. The Balaban J connectivity index is 1.84. The second-order valence-electron chi connectivity index (χ2n) is 6.57. The molecule has 1 aromatic rings. The molecule has 0 radical (unpaired) electrons. The van der Waals surface area contributed by atoms with Gasteiger partial charge in [0.2, 0.25) is 0 Å². The zero-order valence-corrected chi connectivity index (χ0v) is 11.5. The predicted octanol–water partition coefficient (Wildman–Crippen LogP) is 4.29. The molecule has 2 aliphatic rings. The minimum atomic E-state index is 0.0903. The van der Waals surface area contributed by atoms with Crippen LogP contribution >= 0.6 is 0 Å². The average molecular weight is 242 g/mol. The van der Waals surface area contributed by atoms with Crippen LogP contribution in [0, 0.1) is 11.3 Å². The fraction of sp³-hybridized carbons (Fsp3) is 0.529. The van der Waals surface area contributed by atoms with Crippen LogP contribution in [-0.4, -0.2) is 11.7 Å². The lowest BCUT2D eigenvalue weighted by molar-refractivity contribution is 0.136. The van der Waals surface area contributed by atoms with Crippen molar-refractivity contribution in [2.24, 2.45) is 11.3 Å². The summed E-state index contributed by atoms with van der Waals surface area (Å²) in [6.07, 6.45) is 7.60. The summed E-state index contributed by atoms with van der Waals surface area (Å²) >= 11 is 0. The van der Waals surface area contributed by atoms with Crippen LogP contribution in [0.2, 0.25) is 0 Å². The summed E-state index contributed by atoms with van der Waals surface area (Å²) in [6.45, 7) is 7.02. The normalized spacial score (nSPS) is 37.5. The van der Waals surface area contributed by atoms with E-state index in [-0.39, 0.29) is 5.60 Å². The third-order valence-corrected chi connectivity index (χ3v) is 4.77. The number of hydrogen-bond acceptors (Lipinski definition) is 1. The maximum absolute atomic E-state index is 5.95. The standard InChI is InChI=1S/C17H22O/c1-16(2)12-11-15-17(3,18-15)14(16)10-9-13-7-5-4-6-8-13/h4-10,14-15H,11-12H2,1-3H3/b10-9+/t14-,15-,17+/m1/s1. The van der Waals surface area contributed by atoms with Crippen LogP contribution in [0.5, 0.6) is 0 Å².